The molecule has 0 radical (unpaired) electrons. The Hall–Kier alpha value is -1.99. The Morgan fingerprint density at radius 3 is 3.00 bits per heavy atom. The molecule has 7 nitrogen and oxygen atoms in total. The van der Waals surface area contributed by atoms with Crippen molar-refractivity contribution in [1.82, 2.24) is 24.6 Å². The molecule has 0 aromatic carbocycles. The van der Waals surface area contributed by atoms with Crippen LogP contribution in [0.15, 0.2) is 18.6 Å². The summed E-state index contributed by atoms with van der Waals surface area (Å²) in [6.45, 7) is 6.99. The largest absolute Gasteiger partial charge is 0.383 e. The van der Waals surface area contributed by atoms with E-state index in [0.29, 0.717) is 11.9 Å². The Balaban J connectivity index is 1.58. The first-order chi connectivity index (χ1) is 11.7. The number of aromatic nitrogens is 4. The van der Waals surface area contributed by atoms with Crippen molar-refractivity contribution in [1.29, 1.82) is 0 Å². The van der Waals surface area contributed by atoms with Crippen molar-refractivity contribution in [3.05, 3.63) is 24.2 Å². The molecule has 1 fully saturated rings. The number of nitrogens with one attached hydrogen (secondary N) is 1. The standard InChI is InChI=1S/C17H26N6O/c1-13-8-18-17(21-16(13)15-10-20-22(2)12-15)19-9-14-4-5-23(11-14)6-7-24-3/h8,10,12,14H,4-7,9,11H2,1-3H3,(H,18,19,21). The van der Waals surface area contributed by atoms with Gasteiger partial charge in [-0.1, -0.05) is 0 Å². The number of methoxy groups -OCH3 is 1. The lowest BCUT2D eigenvalue weighted by atomic mass is 10.1. The van der Waals surface area contributed by atoms with E-state index >= 15 is 0 Å². The number of anilines is 1. The molecule has 1 atom stereocenters. The van der Waals surface area contributed by atoms with E-state index in [4.69, 9.17) is 4.74 Å². The van der Waals surface area contributed by atoms with Crippen LogP contribution in [-0.4, -0.2) is 64.5 Å². The molecule has 1 N–H and O–H groups in total. The molecule has 0 aliphatic carbocycles. The number of nitrogens with zero attached hydrogens (tertiary/aromatic N) is 5. The maximum absolute atomic E-state index is 5.15. The first-order valence-electron chi connectivity index (χ1n) is 8.43. The number of rotatable bonds is 7. The first-order valence-corrected chi connectivity index (χ1v) is 8.43. The zero-order valence-electron chi connectivity index (χ0n) is 14.7. The third kappa shape index (κ3) is 4.10. The number of hydrogen-bond acceptors (Lipinski definition) is 6. The van der Waals surface area contributed by atoms with Gasteiger partial charge >= 0.3 is 0 Å². The first kappa shape index (κ1) is 16.9. The fourth-order valence-corrected chi connectivity index (χ4v) is 3.10. The zero-order chi connectivity index (χ0) is 16.9. The summed E-state index contributed by atoms with van der Waals surface area (Å²) in [5, 5.41) is 7.63. The molecule has 1 saturated heterocycles. The van der Waals surface area contributed by atoms with Gasteiger partial charge in [-0.05, 0) is 31.4 Å². The monoisotopic (exact) mass is 330 g/mol. The van der Waals surface area contributed by atoms with Gasteiger partial charge in [0.25, 0.3) is 0 Å². The van der Waals surface area contributed by atoms with Gasteiger partial charge in [-0.25, -0.2) is 9.97 Å². The summed E-state index contributed by atoms with van der Waals surface area (Å²) < 4.78 is 6.94. The minimum absolute atomic E-state index is 0.633. The van der Waals surface area contributed by atoms with Gasteiger partial charge in [-0.15, -0.1) is 0 Å². The van der Waals surface area contributed by atoms with Crippen molar-refractivity contribution in [3.63, 3.8) is 0 Å². The van der Waals surface area contributed by atoms with E-state index in [1.165, 1.54) is 6.42 Å². The molecule has 0 saturated carbocycles. The average molecular weight is 330 g/mol. The SMILES string of the molecule is COCCN1CCC(CNc2ncc(C)c(-c3cnn(C)c3)n2)C1. The van der Waals surface area contributed by atoms with Crippen molar-refractivity contribution in [2.75, 3.05) is 45.2 Å². The highest BCUT2D eigenvalue weighted by molar-refractivity contribution is 5.62. The maximum Gasteiger partial charge on any atom is 0.223 e. The highest BCUT2D eigenvalue weighted by atomic mass is 16.5. The lowest BCUT2D eigenvalue weighted by Gasteiger charge is -2.15. The van der Waals surface area contributed by atoms with E-state index in [9.17, 15) is 0 Å². The van der Waals surface area contributed by atoms with E-state index in [1.807, 2.05) is 32.6 Å². The molecular formula is C17H26N6O. The van der Waals surface area contributed by atoms with Crippen molar-refractivity contribution < 1.29 is 4.74 Å². The highest BCUT2D eigenvalue weighted by Crippen LogP contribution is 2.21. The van der Waals surface area contributed by atoms with E-state index in [2.05, 4.69) is 25.3 Å². The molecule has 3 rings (SSSR count). The molecule has 1 unspecified atom stereocenters. The fraction of sp³-hybridized carbons (Fsp3) is 0.588. The molecule has 0 bridgehead atoms. The van der Waals surface area contributed by atoms with Crippen LogP contribution < -0.4 is 5.32 Å². The molecule has 24 heavy (non-hydrogen) atoms. The lowest BCUT2D eigenvalue weighted by Crippen LogP contribution is -2.26. The molecule has 1 aliphatic heterocycles. The molecular weight excluding hydrogens is 304 g/mol. The van der Waals surface area contributed by atoms with Gasteiger partial charge in [0.1, 0.15) is 0 Å². The van der Waals surface area contributed by atoms with Gasteiger partial charge in [-0.2, -0.15) is 5.10 Å². The van der Waals surface area contributed by atoms with Gasteiger partial charge in [0.05, 0.1) is 18.5 Å². The summed E-state index contributed by atoms with van der Waals surface area (Å²) in [5.74, 6) is 1.32. The van der Waals surface area contributed by atoms with Gasteiger partial charge in [0, 0.05) is 51.7 Å². The van der Waals surface area contributed by atoms with Crippen molar-refractivity contribution in [2.45, 2.75) is 13.3 Å². The second-order valence-electron chi connectivity index (χ2n) is 6.46. The van der Waals surface area contributed by atoms with E-state index < -0.39 is 0 Å². The van der Waals surface area contributed by atoms with Crippen LogP contribution in [0.2, 0.25) is 0 Å². The van der Waals surface area contributed by atoms with Crippen LogP contribution >= 0.6 is 0 Å². The normalized spacial score (nSPS) is 18.2. The maximum atomic E-state index is 5.15. The number of ether oxygens (including phenoxy) is 1. The van der Waals surface area contributed by atoms with Crippen LogP contribution in [0.1, 0.15) is 12.0 Å². The molecule has 1 aliphatic rings. The lowest BCUT2D eigenvalue weighted by molar-refractivity contribution is 0.159. The second kappa shape index (κ2) is 7.72. The van der Waals surface area contributed by atoms with E-state index in [-0.39, 0.29) is 0 Å². The average Bonchev–Trinajstić information content (AvgIpc) is 3.21. The van der Waals surface area contributed by atoms with Gasteiger partial charge in [0.2, 0.25) is 5.95 Å². The smallest absolute Gasteiger partial charge is 0.223 e. The van der Waals surface area contributed by atoms with Gasteiger partial charge < -0.3 is 15.0 Å². The van der Waals surface area contributed by atoms with Crippen LogP contribution in [0.4, 0.5) is 5.95 Å². The summed E-state index contributed by atoms with van der Waals surface area (Å²) >= 11 is 0. The molecule has 7 heteroatoms. The number of likely N-dealkylation sites (tertiary alicyclic amines) is 1. The van der Waals surface area contributed by atoms with Crippen LogP contribution in [-0.2, 0) is 11.8 Å². The third-order valence-corrected chi connectivity index (χ3v) is 4.48. The molecule has 0 spiro atoms. The van der Waals surface area contributed by atoms with Gasteiger partial charge in [-0.3, -0.25) is 4.68 Å². The zero-order valence-corrected chi connectivity index (χ0v) is 14.7. The summed E-state index contributed by atoms with van der Waals surface area (Å²) in [6, 6.07) is 0. The molecule has 130 valence electrons. The Bertz CT molecular complexity index is 671. The van der Waals surface area contributed by atoms with E-state index in [0.717, 1.165) is 49.6 Å². The summed E-state index contributed by atoms with van der Waals surface area (Å²) in [5.41, 5.74) is 3.01. The fourth-order valence-electron chi connectivity index (χ4n) is 3.10. The predicted octanol–water partition coefficient (Wildman–Crippen LogP) is 1.57. The Kier molecular flexibility index (Phi) is 5.42. The van der Waals surface area contributed by atoms with Crippen molar-refractivity contribution in [2.24, 2.45) is 13.0 Å². The number of aryl methyl sites for hydroxylation is 2. The second-order valence-corrected chi connectivity index (χ2v) is 6.46. The van der Waals surface area contributed by atoms with E-state index in [1.54, 1.807) is 11.8 Å². The molecule has 0 amide bonds. The Morgan fingerprint density at radius 2 is 2.25 bits per heavy atom. The molecule has 2 aromatic rings. The summed E-state index contributed by atoms with van der Waals surface area (Å²) in [6.07, 6.45) is 6.89. The minimum atomic E-state index is 0.633. The third-order valence-electron chi connectivity index (χ3n) is 4.48. The number of hydrogen-bond donors (Lipinski definition) is 1. The Labute approximate surface area is 143 Å². The van der Waals surface area contributed by atoms with Crippen LogP contribution in [0, 0.1) is 12.8 Å². The summed E-state index contributed by atoms with van der Waals surface area (Å²) in [7, 11) is 3.66. The minimum Gasteiger partial charge on any atom is -0.383 e. The van der Waals surface area contributed by atoms with Crippen LogP contribution in [0.25, 0.3) is 11.3 Å². The highest BCUT2D eigenvalue weighted by Gasteiger charge is 2.22. The molecule has 3 heterocycles. The quantitative estimate of drug-likeness (QED) is 0.831. The topological polar surface area (TPSA) is 68.1 Å². The van der Waals surface area contributed by atoms with Gasteiger partial charge in [0.15, 0.2) is 0 Å². The Morgan fingerprint density at radius 1 is 1.38 bits per heavy atom. The predicted molar refractivity (Wildman–Crippen MR) is 93.9 cm³/mol. The van der Waals surface area contributed by atoms with Crippen molar-refractivity contribution in [3.8, 4) is 11.3 Å². The van der Waals surface area contributed by atoms with Crippen molar-refractivity contribution >= 4 is 5.95 Å². The summed E-state index contributed by atoms with van der Waals surface area (Å²) in [4.78, 5) is 11.5. The molecule has 2 aromatic heterocycles. The van der Waals surface area contributed by atoms with Crippen LogP contribution in [0.3, 0.4) is 0 Å². The van der Waals surface area contributed by atoms with Crippen LogP contribution in [0.5, 0.6) is 0 Å².